The minimum absolute atomic E-state index is 0.856. The second-order valence-electron chi connectivity index (χ2n) is 8.69. The van der Waals surface area contributed by atoms with Crippen molar-refractivity contribution >= 4 is 33.2 Å². The summed E-state index contributed by atoms with van der Waals surface area (Å²) in [7, 11) is 0. The van der Waals surface area contributed by atoms with Crippen molar-refractivity contribution in [3.05, 3.63) is 89.3 Å². The molecule has 33 heavy (non-hydrogen) atoms. The Bertz CT molecular complexity index is 1160. The van der Waals surface area contributed by atoms with Crippen LogP contribution in [0.1, 0.15) is 62.1 Å². The van der Waals surface area contributed by atoms with E-state index in [1.165, 1.54) is 57.6 Å². The van der Waals surface area contributed by atoms with Gasteiger partial charge in [0.15, 0.2) is 0 Å². The van der Waals surface area contributed by atoms with Gasteiger partial charge in [-0.05, 0) is 54.1 Å². The molecule has 0 atom stereocenters. The third-order valence-corrected chi connectivity index (χ3v) is 7.10. The maximum atomic E-state index is 4.47. The third-order valence-electron chi connectivity index (χ3n) is 6.02. The number of nitrogens with zero attached hydrogens (tertiary/aromatic N) is 3. The lowest BCUT2D eigenvalue weighted by atomic mass is 10.2. The number of aromatic nitrogens is 2. The highest BCUT2D eigenvalue weighted by Crippen LogP contribution is 2.31. The standard InChI is InChI=1S/C29H35N3S/c1-3-5-7-11-14-28-19-25-18-26(15-16-29(25)33-28)31(17-6-4-2)22-27-20-30-23-32(27)21-24-12-9-8-10-13-24/h8-16,18-20,23H,3-7,17,21-22H2,1-2H3/b14-11-. The highest BCUT2D eigenvalue weighted by Gasteiger charge is 2.12. The quantitative estimate of drug-likeness (QED) is 0.200. The number of thiophene rings is 1. The van der Waals surface area contributed by atoms with Gasteiger partial charge in [-0.3, -0.25) is 0 Å². The van der Waals surface area contributed by atoms with E-state index in [9.17, 15) is 0 Å². The molecule has 0 saturated heterocycles. The summed E-state index contributed by atoms with van der Waals surface area (Å²) in [6, 6.07) is 19.9. The van der Waals surface area contributed by atoms with E-state index < -0.39 is 0 Å². The second-order valence-corrected chi connectivity index (χ2v) is 9.80. The Kier molecular flexibility index (Phi) is 8.37. The highest BCUT2D eigenvalue weighted by atomic mass is 32.1. The topological polar surface area (TPSA) is 21.1 Å². The maximum Gasteiger partial charge on any atom is 0.0951 e. The lowest BCUT2D eigenvalue weighted by Crippen LogP contribution is -2.25. The second kappa shape index (κ2) is 11.9. The van der Waals surface area contributed by atoms with Crippen molar-refractivity contribution in [3.8, 4) is 0 Å². The number of unbranched alkanes of at least 4 members (excludes halogenated alkanes) is 3. The SMILES string of the molecule is CCCC/C=C\c1cc2cc(N(CCCC)Cc3cncn3Cc3ccccc3)ccc2s1. The Balaban J connectivity index is 1.54. The normalized spacial score (nSPS) is 11.6. The van der Waals surface area contributed by atoms with Crippen molar-refractivity contribution in [2.75, 3.05) is 11.4 Å². The molecular formula is C29H35N3S. The molecule has 0 saturated carbocycles. The lowest BCUT2D eigenvalue weighted by Gasteiger charge is -2.25. The number of benzene rings is 2. The van der Waals surface area contributed by atoms with E-state index in [1.807, 2.05) is 23.9 Å². The molecule has 172 valence electrons. The predicted octanol–water partition coefficient (Wildman–Crippen LogP) is 8.16. The van der Waals surface area contributed by atoms with Gasteiger partial charge in [0.1, 0.15) is 0 Å². The van der Waals surface area contributed by atoms with Crippen LogP contribution in [-0.4, -0.2) is 16.1 Å². The van der Waals surface area contributed by atoms with Crippen molar-refractivity contribution in [2.45, 2.75) is 59.0 Å². The van der Waals surface area contributed by atoms with Gasteiger partial charge in [-0.1, -0.05) is 69.5 Å². The molecule has 4 heteroatoms. The summed E-state index contributed by atoms with van der Waals surface area (Å²) >= 11 is 1.88. The van der Waals surface area contributed by atoms with E-state index >= 15 is 0 Å². The maximum absolute atomic E-state index is 4.47. The Morgan fingerprint density at radius 3 is 2.67 bits per heavy atom. The summed E-state index contributed by atoms with van der Waals surface area (Å²) in [5.41, 5.74) is 3.85. The molecule has 3 nitrogen and oxygen atoms in total. The molecular weight excluding hydrogens is 422 g/mol. The van der Waals surface area contributed by atoms with Crippen LogP contribution in [0.15, 0.2) is 73.2 Å². The first-order chi connectivity index (χ1) is 16.3. The summed E-state index contributed by atoms with van der Waals surface area (Å²) < 4.78 is 3.63. The van der Waals surface area contributed by atoms with Crippen molar-refractivity contribution in [1.29, 1.82) is 0 Å². The summed E-state index contributed by atoms with van der Waals surface area (Å²) in [4.78, 5) is 8.33. The van der Waals surface area contributed by atoms with Gasteiger partial charge in [0.2, 0.25) is 0 Å². The Hall–Kier alpha value is -2.85. The molecule has 4 rings (SSSR count). The Labute approximate surface area is 202 Å². The van der Waals surface area contributed by atoms with Crippen LogP contribution in [-0.2, 0) is 13.1 Å². The zero-order valence-corrected chi connectivity index (χ0v) is 20.7. The molecule has 2 heterocycles. The summed E-state index contributed by atoms with van der Waals surface area (Å²) in [5, 5.41) is 1.34. The van der Waals surface area contributed by atoms with Gasteiger partial charge in [0.05, 0.1) is 18.6 Å². The minimum atomic E-state index is 0.856. The van der Waals surface area contributed by atoms with Crippen molar-refractivity contribution in [2.24, 2.45) is 0 Å². The van der Waals surface area contributed by atoms with Gasteiger partial charge in [-0.2, -0.15) is 0 Å². The van der Waals surface area contributed by atoms with Crippen LogP contribution >= 0.6 is 11.3 Å². The van der Waals surface area contributed by atoms with Crippen LogP contribution in [0, 0.1) is 0 Å². The fraction of sp³-hybridized carbons (Fsp3) is 0.345. The molecule has 0 N–H and O–H groups in total. The molecule has 0 amide bonds. The average molecular weight is 458 g/mol. The van der Waals surface area contributed by atoms with E-state index in [1.54, 1.807) is 0 Å². The molecule has 0 aliphatic heterocycles. The number of hydrogen-bond acceptors (Lipinski definition) is 3. The van der Waals surface area contributed by atoms with Crippen molar-refractivity contribution in [1.82, 2.24) is 9.55 Å². The summed E-state index contributed by atoms with van der Waals surface area (Å²) in [6.45, 7) is 7.28. The minimum Gasteiger partial charge on any atom is -0.366 e. The van der Waals surface area contributed by atoms with E-state index in [4.69, 9.17) is 0 Å². The van der Waals surface area contributed by atoms with Crippen molar-refractivity contribution in [3.63, 3.8) is 0 Å². The molecule has 0 fully saturated rings. The zero-order chi connectivity index (χ0) is 22.9. The first-order valence-electron chi connectivity index (χ1n) is 12.2. The number of imidazole rings is 1. The molecule has 2 aromatic carbocycles. The molecule has 0 bridgehead atoms. The molecule has 2 aromatic heterocycles. The smallest absolute Gasteiger partial charge is 0.0951 e. The molecule has 4 aromatic rings. The largest absolute Gasteiger partial charge is 0.366 e. The molecule has 0 radical (unpaired) electrons. The van der Waals surface area contributed by atoms with Gasteiger partial charge >= 0.3 is 0 Å². The van der Waals surface area contributed by atoms with Crippen LogP contribution in [0.2, 0.25) is 0 Å². The third kappa shape index (κ3) is 6.35. The van der Waals surface area contributed by atoms with E-state index in [2.05, 4.69) is 95.0 Å². The molecule has 0 spiro atoms. The fourth-order valence-corrected chi connectivity index (χ4v) is 5.07. The number of rotatable bonds is 12. The number of fused-ring (bicyclic) bond motifs is 1. The van der Waals surface area contributed by atoms with Gasteiger partial charge in [0.25, 0.3) is 0 Å². The van der Waals surface area contributed by atoms with Crippen molar-refractivity contribution < 1.29 is 0 Å². The van der Waals surface area contributed by atoms with Gasteiger partial charge in [0, 0.05) is 34.6 Å². The molecule has 0 unspecified atom stereocenters. The van der Waals surface area contributed by atoms with Crippen LogP contribution < -0.4 is 4.90 Å². The molecule has 0 aliphatic rings. The number of allylic oxidation sites excluding steroid dienone is 1. The first kappa shape index (κ1) is 23.3. The lowest BCUT2D eigenvalue weighted by molar-refractivity contribution is 0.672. The Morgan fingerprint density at radius 1 is 1.00 bits per heavy atom. The van der Waals surface area contributed by atoms with E-state index in [0.717, 1.165) is 26.1 Å². The average Bonchev–Trinajstić information content (AvgIpc) is 3.45. The monoisotopic (exact) mass is 457 g/mol. The summed E-state index contributed by atoms with van der Waals surface area (Å²) in [6.07, 6.45) is 14.6. The van der Waals surface area contributed by atoms with Crippen LogP contribution in [0.5, 0.6) is 0 Å². The first-order valence-corrected chi connectivity index (χ1v) is 13.1. The highest BCUT2D eigenvalue weighted by molar-refractivity contribution is 7.19. The van der Waals surface area contributed by atoms with E-state index in [0.29, 0.717) is 0 Å². The number of hydrogen-bond donors (Lipinski definition) is 0. The van der Waals surface area contributed by atoms with Crippen LogP contribution in [0.4, 0.5) is 5.69 Å². The van der Waals surface area contributed by atoms with E-state index in [-0.39, 0.29) is 0 Å². The molecule has 0 aliphatic carbocycles. The predicted molar refractivity (Wildman–Crippen MR) is 144 cm³/mol. The van der Waals surface area contributed by atoms with Crippen LogP contribution in [0.3, 0.4) is 0 Å². The Morgan fingerprint density at radius 2 is 1.85 bits per heavy atom. The number of anilines is 1. The van der Waals surface area contributed by atoms with Gasteiger partial charge in [-0.15, -0.1) is 11.3 Å². The van der Waals surface area contributed by atoms with Gasteiger partial charge < -0.3 is 9.47 Å². The zero-order valence-electron chi connectivity index (χ0n) is 19.9. The van der Waals surface area contributed by atoms with Crippen LogP contribution in [0.25, 0.3) is 16.2 Å². The fourth-order valence-electron chi connectivity index (χ4n) is 4.10. The van der Waals surface area contributed by atoms with Gasteiger partial charge in [-0.25, -0.2) is 4.98 Å². The summed E-state index contributed by atoms with van der Waals surface area (Å²) in [5.74, 6) is 0.